The van der Waals surface area contributed by atoms with Crippen LogP contribution in [0.3, 0.4) is 0 Å². The smallest absolute Gasteiger partial charge is 0.325 e. The van der Waals surface area contributed by atoms with Crippen LogP contribution in [0.25, 0.3) is 0 Å². The van der Waals surface area contributed by atoms with Crippen LogP contribution in [0.1, 0.15) is 49.8 Å². The van der Waals surface area contributed by atoms with Crippen LogP contribution in [0.2, 0.25) is 0 Å². The zero-order chi connectivity index (χ0) is 20.3. The van der Waals surface area contributed by atoms with Gasteiger partial charge in [0.2, 0.25) is 5.91 Å². The van der Waals surface area contributed by atoms with Gasteiger partial charge in [0.15, 0.2) is 0 Å². The van der Waals surface area contributed by atoms with Gasteiger partial charge in [0.05, 0.1) is 0 Å². The average Bonchev–Trinajstić information content (AvgIpc) is 3.20. The van der Waals surface area contributed by atoms with E-state index < -0.39 is 36.0 Å². The number of rotatable bonds is 6. The zero-order valence-electron chi connectivity index (χ0n) is 16.3. The molecule has 28 heavy (non-hydrogen) atoms. The predicted octanol–water partition coefficient (Wildman–Crippen LogP) is 1.57. The lowest BCUT2D eigenvalue weighted by molar-refractivity contribution is -0.134. The number of benzene rings is 1. The quantitative estimate of drug-likeness (QED) is 0.509. The summed E-state index contributed by atoms with van der Waals surface area (Å²) < 4.78 is 0. The van der Waals surface area contributed by atoms with Crippen molar-refractivity contribution in [1.29, 1.82) is 0 Å². The van der Waals surface area contributed by atoms with Crippen molar-refractivity contribution in [2.45, 2.75) is 51.5 Å². The third-order valence-corrected chi connectivity index (χ3v) is 5.32. The van der Waals surface area contributed by atoms with Crippen LogP contribution in [0.5, 0.6) is 0 Å². The maximum absolute atomic E-state index is 12.9. The van der Waals surface area contributed by atoms with E-state index in [0.717, 1.165) is 37.0 Å². The molecule has 2 aliphatic rings. The Balaban J connectivity index is 1.66. The van der Waals surface area contributed by atoms with Gasteiger partial charge in [-0.25, -0.2) is 9.59 Å². The molecule has 1 aliphatic carbocycles. The molecule has 8 heteroatoms. The molecule has 1 aromatic carbocycles. The number of nitrogens with zero attached hydrogens (tertiary/aromatic N) is 1. The lowest BCUT2D eigenvalue weighted by Crippen LogP contribution is -2.47. The summed E-state index contributed by atoms with van der Waals surface area (Å²) in [5.41, 5.74) is 1.94. The minimum absolute atomic E-state index is 0.454. The molecule has 8 nitrogen and oxygen atoms in total. The molecule has 1 saturated heterocycles. The first-order valence-electron chi connectivity index (χ1n) is 9.69. The Kier molecular flexibility index (Phi) is 5.67. The van der Waals surface area contributed by atoms with E-state index in [2.05, 4.69) is 16.0 Å². The maximum atomic E-state index is 12.9. The minimum atomic E-state index is -1.22. The molecule has 0 bridgehead atoms. The van der Waals surface area contributed by atoms with E-state index in [1.54, 1.807) is 6.92 Å². The molecular weight excluding hydrogens is 360 g/mol. The number of unbranched alkanes of at least 4 members (excludes halogenated alkanes) is 1. The topological polar surface area (TPSA) is 108 Å². The molecule has 0 spiro atoms. The molecule has 1 heterocycles. The fourth-order valence-corrected chi connectivity index (χ4v) is 3.65. The highest BCUT2D eigenvalue weighted by molar-refractivity contribution is 6.10. The molecule has 1 aliphatic heterocycles. The Morgan fingerprint density at radius 3 is 2.71 bits per heavy atom. The first-order valence-corrected chi connectivity index (χ1v) is 9.69. The van der Waals surface area contributed by atoms with Crippen LogP contribution >= 0.6 is 0 Å². The molecule has 150 valence electrons. The van der Waals surface area contributed by atoms with Gasteiger partial charge in [-0.3, -0.25) is 19.8 Å². The number of amides is 6. The molecule has 1 atom stereocenters. The van der Waals surface area contributed by atoms with Crippen molar-refractivity contribution < 1.29 is 19.2 Å². The van der Waals surface area contributed by atoms with Crippen LogP contribution in [-0.2, 0) is 28.0 Å². The van der Waals surface area contributed by atoms with Gasteiger partial charge >= 0.3 is 12.1 Å². The summed E-state index contributed by atoms with van der Waals surface area (Å²) in [5.74, 6) is -1.22. The first kappa shape index (κ1) is 19.9. The molecule has 3 N–H and O–H groups in total. The van der Waals surface area contributed by atoms with Gasteiger partial charge in [-0.2, -0.15) is 0 Å². The summed E-state index contributed by atoms with van der Waals surface area (Å²) in [7, 11) is 0. The number of imide groups is 2. The van der Waals surface area contributed by atoms with Gasteiger partial charge in [0.1, 0.15) is 12.1 Å². The van der Waals surface area contributed by atoms with Gasteiger partial charge in [-0.05, 0) is 49.3 Å². The van der Waals surface area contributed by atoms with Gasteiger partial charge in [-0.1, -0.05) is 31.5 Å². The Labute approximate surface area is 164 Å². The first-order chi connectivity index (χ1) is 13.3. The number of carbonyl (C=O) groups is 4. The number of hydrogen-bond acceptors (Lipinski definition) is 4. The largest absolute Gasteiger partial charge is 0.338 e. The molecule has 0 aromatic heterocycles. The summed E-state index contributed by atoms with van der Waals surface area (Å²) in [6, 6.07) is 4.54. The van der Waals surface area contributed by atoms with Crippen LogP contribution < -0.4 is 16.0 Å². The van der Waals surface area contributed by atoms with Crippen molar-refractivity contribution in [2.75, 3.05) is 13.1 Å². The molecule has 0 saturated carbocycles. The van der Waals surface area contributed by atoms with Crippen molar-refractivity contribution >= 4 is 23.9 Å². The second-order valence-corrected chi connectivity index (χ2v) is 7.44. The number of nitrogens with one attached hydrogen (secondary N) is 3. The van der Waals surface area contributed by atoms with Crippen LogP contribution in [0.15, 0.2) is 18.2 Å². The summed E-state index contributed by atoms with van der Waals surface area (Å²) in [4.78, 5) is 49.9. The van der Waals surface area contributed by atoms with E-state index in [0.29, 0.717) is 12.1 Å². The summed E-state index contributed by atoms with van der Waals surface area (Å²) in [6.45, 7) is 3.57. The van der Waals surface area contributed by atoms with Crippen LogP contribution in [0.4, 0.5) is 9.59 Å². The third-order valence-electron chi connectivity index (χ3n) is 5.32. The van der Waals surface area contributed by atoms with E-state index in [9.17, 15) is 19.2 Å². The van der Waals surface area contributed by atoms with Crippen molar-refractivity contribution in [3.05, 3.63) is 34.9 Å². The highest BCUT2D eigenvalue weighted by Gasteiger charge is 2.49. The molecule has 3 rings (SSSR count). The number of carbonyl (C=O) groups excluding carboxylic acids is 4. The van der Waals surface area contributed by atoms with Gasteiger partial charge in [0, 0.05) is 6.54 Å². The number of hydrogen-bond donors (Lipinski definition) is 3. The molecular formula is C20H26N4O4. The van der Waals surface area contributed by atoms with E-state index in [1.165, 1.54) is 11.1 Å². The SMILES string of the molecule is CCCCNC(=O)NC(=O)CN1C(=O)NC(C)(c2ccc3c(c2)CCC3)C1=O. The molecule has 1 aromatic rings. The van der Waals surface area contributed by atoms with Gasteiger partial charge < -0.3 is 10.6 Å². The van der Waals surface area contributed by atoms with E-state index in [-0.39, 0.29) is 0 Å². The second kappa shape index (κ2) is 8.00. The minimum Gasteiger partial charge on any atom is -0.338 e. The Bertz CT molecular complexity index is 822. The fourth-order valence-electron chi connectivity index (χ4n) is 3.65. The van der Waals surface area contributed by atoms with Gasteiger partial charge in [-0.15, -0.1) is 0 Å². The molecule has 1 fully saturated rings. The highest BCUT2D eigenvalue weighted by Crippen LogP contribution is 2.32. The van der Waals surface area contributed by atoms with E-state index >= 15 is 0 Å². The van der Waals surface area contributed by atoms with E-state index in [4.69, 9.17) is 0 Å². The highest BCUT2D eigenvalue weighted by atomic mass is 16.2. The standard InChI is InChI=1S/C20H26N4O4/c1-3-4-10-21-18(27)22-16(25)12-24-17(26)20(2,23-19(24)28)15-9-8-13-6-5-7-14(13)11-15/h8-9,11H,3-7,10,12H2,1-2H3,(H,23,28)(H2,21,22,25,27). The Hall–Kier alpha value is -2.90. The predicted molar refractivity (Wildman–Crippen MR) is 103 cm³/mol. The zero-order valence-corrected chi connectivity index (χ0v) is 16.3. The number of urea groups is 2. The monoisotopic (exact) mass is 386 g/mol. The van der Waals surface area contributed by atoms with Crippen molar-refractivity contribution in [2.24, 2.45) is 0 Å². The molecule has 6 amide bonds. The second-order valence-electron chi connectivity index (χ2n) is 7.44. The third kappa shape index (κ3) is 3.85. The van der Waals surface area contributed by atoms with Crippen molar-refractivity contribution in [3.63, 3.8) is 0 Å². The Morgan fingerprint density at radius 2 is 1.96 bits per heavy atom. The Morgan fingerprint density at radius 1 is 1.21 bits per heavy atom. The van der Waals surface area contributed by atoms with Gasteiger partial charge in [0.25, 0.3) is 5.91 Å². The summed E-state index contributed by atoms with van der Waals surface area (Å²) in [5, 5.41) is 7.39. The van der Waals surface area contributed by atoms with Crippen molar-refractivity contribution in [1.82, 2.24) is 20.9 Å². The lowest BCUT2D eigenvalue weighted by atomic mass is 9.89. The maximum Gasteiger partial charge on any atom is 0.325 e. The fraction of sp³-hybridized carbons (Fsp3) is 0.500. The van der Waals surface area contributed by atoms with E-state index in [1.807, 2.05) is 25.1 Å². The van der Waals surface area contributed by atoms with Crippen LogP contribution in [0, 0.1) is 0 Å². The summed E-state index contributed by atoms with van der Waals surface area (Å²) >= 11 is 0. The summed E-state index contributed by atoms with van der Waals surface area (Å²) in [6.07, 6.45) is 4.79. The van der Waals surface area contributed by atoms with Crippen LogP contribution in [-0.4, -0.2) is 41.9 Å². The number of aryl methyl sites for hydroxylation is 2. The normalized spacial score (nSPS) is 20.7. The lowest BCUT2D eigenvalue weighted by Gasteiger charge is -2.23. The van der Waals surface area contributed by atoms with Crippen molar-refractivity contribution in [3.8, 4) is 0 Å². The molecule has 0 radical (unpaired) electrons. The molecule has 1 unspecified atom stereocenters. The average molecular weight is 386 g/mol. The number of fused-ring (bicyclic) bond motifs is 1.